The Balaban J connectivity index is 1.72. The van der Waals surface area contributed by atoms with Crippen LogP contribution in [-0.2, 0) is 4.79 Å². The normalized spacial score (nSPS) is 13.6. The van der Waals surface area contributed by atoms with E-state index in [2.05, 4.69) is 110 Å². The van der Waals surface area contributed by atoms with Crippen LogP contribution in [0, 0.1) is 0 Å². The maximum atomic E-state index is 15.0. The van der Waals surface area contributed by atoms with Crippen LogP contribution in [0.5, 0.6) is 0 Å². The average Bonchev–Trinajstić information content (AvgIpc) is 3.29. The Labute approximate surface area is 246 Å². The second-order valence-electron chi connectivity index (χ2n) is 10.1. The molecule has 0 amide bonds. The van der Waals surface area contributed by atoms with Crippen LogP contribution >= 0.6 is 31.9 Å². The van der Waals surface area contributed by atoms with Crippen molar-refractivity contribution in [3.63, 3.8) is 0 Å². The summed E-state index contributed by atoms with van der Waals surface area (Å²) < 4.78 is 1.96. The van der Waals surface area contributed by atoms with Crippen molar-refractivity contribution in [2.24, 2.45) is 0 Å². The summed E-state index contributed by atoms with van der Waals surface area (Å²) in [6, 6.07) is 33.4. The molecule has 1 nitrogen and oxygen atoms in total. The van der Waals surface area contributed by atoms with E-state index in [1.54, 1.807) is 0 Å². The predicted molar refractivity (Wildman–Crippen MR) is 172 cm³/mol. The van der Waals surface area contributed by atoms with E-state index in [9.17, 15) is 4.79 Å². The van der Waals surface area contributed by atoms with E-state index in [4.69, 9.17) is 0 Å². The highest BCUT2D eigenvalue weighted by Crippen LogP contribution is 2.33. The molecular formula is C37H18Br2O. The van der Waals surface area contributed by atoms with Gasteiger partial charge in [0.15, 0.2) is 5.78 Å². The first-order chi connectivity index (χ1) is 19.6. The summed E-state index contributed by atoms with van der Waals surface area (Å²) in [5.74, 6) is 0.0421. The van der Waals surface area contributed by atoms with E-state index in [1.165, 1.54) is 0 Å². The number of hydrogen-bond acceptors (Lipinski definition) is 1. The molecule has 0 bridgehead atoms. The summed E-state index contributed by atoms with van der Waals surface area (Å²) >= 11 is 7.45. The first kappa shape index (κ1) is 23.6. The Bertz CT molecular complexity index is 2480. The zero-order valence-electron chi connectivity index (χ0n) is 21.1. The summed E-state index contributed by atoms with van der Waals surface area (Å²) in [5, 5.41) is 10.4. The minimum atomic E-state index is 0.0421. The lowest BCUT2D eigenvalue weighted by atomic mass is 9.91. The largest absolute Gasteiger partial charge is 0.289 e. The van der Waals surface area contributed by atoms with Crippen molar-refractivity contribution < 1.29 is 4.79 Å². The third kappa shape index (κ3) is 3.37. The molecule has 2 aliphatic carbocycles. The molecule has 0 saturated carbocycles. The molecule has 6 aromatic carbocycles. The molecule has 0 radical (unpaired) electrons. The number of rotatable bonds is 2. The summed E-state index contributed by atoms with van der Waals surface area (Å²) in [6.07, 6.45) is 3.90. The van der Waals surface area contributed by atoms with Gasteiger partial charge in [0.05, 0.1) is 0 Å². The molecular weight excluding hydrogens is 620 g/mol. The van der Waals surface area contributed by atoms with Gasteiger partial charge in [0.1, 0.15) is 0 Å². The number of ketones is 1. The van der Waals surface area contributed by atoms with Crippen molar-refractivity contribution in [1.29, 1.82) is 0 Å². The lowest BCUT2D eigenvalue weighted by Gasteiger charge is -2.10. The van der Waals surface area contributed by atoms with Crippen molar-refractivity contribution in [3.05, 3.63) is 150 Å². The number of Topliss-reactive ketones (excluding diaryl/α,β-unsaturated/α-hetero) is 1. The van der Waals surface area contributed by atoms with Crippen molar-refractivity contribution in [2.75, 3.05) is 0 Å². The lowest BCUT2D eigenvalue weighted by Crippen LogP contribution is -2.32. The second kappa shape index (κ2) is 8.89. The first-order valence-electron chi connectivity index (χ1n) is 13.0. The van der Waals surface area contributed by atoms with Crippen molar-refractivity contribution in [2.45, 2.75) is 0 Å². The molecule has 40 heavy (non-hydrogen) atoms. The molecule has 0 spiro atoms. The molecule has 3 heteroatoms. The Kier molecular flexibility index (Phi) is 5.26. The number of carbonyl (C=O) groups excluding carboxylic acids is 1. The van der Waals surface area contributed by atoms with Gasteiger partial charge in [-0.05, 0) is 91.1 Å². The Morgan fingerprint density at radius 3 is 1.95 bits per heavy atom. The number of allylic oxidation sites excluding steroid dienone is 1. The van der Waals surface area contributed by atoms with E-state index >= 15 is 0 Å². The van der Waals surface area contributed by atoms with Gasteiger partial charge in [-0.2, -0.15) is 0 Å². The van der Waals surface area contributed by atoms with Crippen molar-refractivity contribution in [1.82, 2.24) is 0 Å². The fourth-order valence-electron chi connectivity index (χ4n) is 6.33. The predicted octanol–water partition coefficient (Wildman–Crippen LogP) is 6.54. The molecule has 2 aliphatic rings. The van der Waals surface area contributed by atoms with Crippen LogP contribution in [0.4, 0.5) is 0 Å². The number of hydrogen-bond donors (Lipinski definition) is 0. The van der Waals surface area contributed by atoms with Gasteiger partial charge in [0.25, 0.3) is 0 Å². The van der Waals surface area contributed by atoms with Gasteiger partial charge in [0.2, 0.25) is 0 Å². The van der Waals surface area contributed by atoms with Gasteiger partial charge in [-0.3, -0.25) is 4.79 Å². The van der Waals surface area contributed by atoms with Crippen LogP contribution in [0.25, 0.3) is 55.3 Å². The first-order valence-corrected chi connectivity index (χ1v) is 14.6. The van der Waals surface area contributed by atoms with Gasteiger partial charge in [-0.25, -0.2) is 0 Å². The fourth-order valence-corrected chi connectivity index (χ4v) is 7.05. The fraction of sp³-hybridized carbons (Fsp3) is 0. The Morgan fingerprint density at radius 1 is 0.575 bits per heavy atom. The number of halogens is 2. The highest BCUT2D eigenvalue weighted by Gasteiger charge is 2.30. The highest BCUT2D eigenvalue weighted by molar-refractivity contribution is 9.10. The Hall–Kier alpha value is -4.23. The summed E-state index contributed by atoms with van der Waals surface area (Å²) in [7, 11) is 0. The van der Waals surface area contributed by atoms with Gasteiger partial charge in [0, 0.05) is 35.7 Å². The van der Waals surface area contributed by atoms with E-state index < -0.39 is 0 Å². The molecule has 186 valence electrons. The van der Waals surface area contributed by atoms with E-state index in [0.717, 1.165) is 84.4 Å². The standard InChI is InChI=1S/C37H18Br2O/c38-23-15-17-27-28-18-16-24(39)20-32(28)34-33(31(27)19-23)35(29-13-5-9-21-7-1-3-11-25(21)29)37(40)36(34)30-14-6-10-22-8-2-4-12-26(22)30/h1,3-7,9-20H. The van der Waals surface area contributed by atoms with Gasteiger partial charge in [-0.15, -0.1) is 0 Å². The summed E-state index contributed by atoms with van der Waals surface area (Å²) in [5.41, 5.74) is 9.65. The zero-order valence-corrected chi connectivity index (χ0v) is 24.2. The SMILES string of the molecule is O=C1C(c2cccc3c2=CC=C=C=3)=c2c(c3cc(Br)ccc3c3ccc(Br)cc23)=C1c1cccc2ccccc12. The average molecular weight is 638 g/mol. The van der Waals surface area contributed by atoms with Gasteiger partial charge >= 0.3 is 0 Å². The molecule has 0 N–H and O–H groups in total. The molecule has 0 unspecified atom stereocenters. The zero-order chi connectivity index (χ0) is 27.0. The number of benzene rings is 6. The lowest BCUT2D eigenvalue weighted by molar-refractivity contribution is -0.108. The number of carbonyl (C=O) groups is 1. The maximum Gasteiger partial charge on any atom is 0.195 e. The smallest absolute Gasteiger partial charge is 0.195 e. The third-order valence-corrected chi connectivity index (χ3v) is 8.96. The van der Waals surface area contributed by atoms with Crippen LogP contribution in [0.2, 0.25) is 0 Å². The van der Waals surface area contributed by atoms with E-state index in [0.29, 0.717) is 0 Å². The topological polar surface area (TPSA) is 17.1 Å². The van der Waals surface area contributed by atoms with Gasteiger partial charge in [-0.1, -0.05) is 110 Å². The molecule has 6 aromatic rings. The minimum absolute atomic E-state index is 0.0421. The molecule has 0 aliphatic heterocycles. The van der Waals surface area contributed by atoms with E-state index in [1.807, 2.05) is 42.5 Å². The number of fused-ring (bicyclic) bond motifs is 8. The van der Waals surface area contributed by atoms with Gasteiger partial charge < -0.3 is 0 Å². The molecule has 0 atom stereocenters. The molecule has 0 saturated heterocycles. The monoisotopic (exact) mass is 636 g/mol. The van der Waals surface area contributed by atoms with Crippen LogP contribution in [0.1, 0.15) is 11.1 Å². The van der Waals surface area contributed by atoms with Crippen LogP contribution in [0.3, 0.4) is 0 Å². The summed E-state index contributed by atoms with van der Waals surface area (Å²) in [4.78, 5) is 15.0. The highest BCUT2D eigenvalue weighted by atomic mass is 79.9. The second-order valence-corrected chi connectivity index (χ2v) is 11.9. The molecule has 0 heterocycles. The Morgan fingerprint density at radius 2 is 1.20 bits per heavy atom. The molecule has 8 rings (SSSR count). The summed E-state index contributed by atoms with van der Waals surface area (Å²) in [6.45, 7) is 0. The van der Waals surface area contributed by atoms with Crippen LogP contribution in [0.15, 0.2) is 118 Å². The van der Waals surface area contributed by atoms with Crippen LogP contribution < -0.4 is 20.9 Å². The van der Waals surface area contributed by atoms with E-state index in [-0.39, 0.29) is 5.78 Å². The molecule has 0 fully saturated rings. The van der Waals surface area contributed by atoms with Crippen LogP contribution in [-0.4, -0.2) is 5.78 Å². The molecule has 0 aromatic heterocycles. The third-order valence-electron chi connectivity index (χ3n) is 7.97. The van der Waals surface area contributed by atoms with Crippen molar-refractivity contribution in [3.8, 4) is 0 Å². The minimum Gasteiger partial charge on any atom is -0.289 e. The quantitative estimate of drug-likeness (QED) is 0.156. The maximum absolute atomic E-state index is 15.0. The van der Waals surface area contributed by atoms with Crippen molar-refractivity contribution >= 4 is 92.9 Å².